The predicted molar refractivity (Wildman–Crippen MR) is 55.9 cm³/mol. The summed E-state index contributed by atoms with van der Waals surface area (Å²) >= 11 is 0. The molecule has 0 saturated carbocycles. The molecule has 0 unspecified atom stereocenters. The van der Waals surface area contributed by atoms with E-state index in [9.17, 15) is 0 Å². The molecule has 0 aliphatic carbocycles. The van der Waals surface area contributed by atoms with Gasteiger partial charge in [-0.3, -0.25) is 5.41 Å². The van der Waals surface area contributed by atoms with Gasteiger partial charge in [0.2, 0.25) is 0 Å². The summed E-state index contributed by atoms with van der Waals surface area (Å²) in [6.45, 7) is 4.17. The molecule has 1 aromatic rings. The van der Waals surface area contributed by atoms with Gasteiger partial charge in [-0.25, -0.2) is 0 Å². The molecule has 3 heteroatoms. The Morgan fingerprint density at radius 1 is 1.46 bits per heavy atom. The molecular weight excluding hydrogens is 162 g/mol. The van der Waals surface area contributed by atoms with Crippen LogP contribution >= 0.6 is 0 Å². The van der Waals surface area contributed by atoms with Gasteiger partial charge >= 0.3 is 0 Å². The average Bonchev–Trinajstić information content (AvgIpc) is 2.15. The molecule has 0 aliphatic rings. The van der Waals surface area contributed by atoms with Crippen LogP contribution in [0.1, 0.15) is 0 Å². The average molecular weight is 175 g/mol. The highest BCUT2D eigenvalue weighted by Crippen LogP contribution is 2.11. The number of rotatable bonds is 3. The summed E-state index contributed by atoms with van der Waals surface area (Å²) in [6.07, 6.45) is 1.72. The highest BCUT2D eigenvalue weighted by atomic mass is 15.2. The Labute approximate surface area is 78.0 Å². The third kappa shape index (κ3) is 2.33. The van der Waals surface area contributed by atoms with Crippen LogP contribution in [0.3, 0.4) is 0 Å². The van der Waals surface area contributed by atoms with Crippen LogP contribution < -0.4 is 10.6 Å². The van der Waals surface area contributed by atoms with Gasteiger partial charge in [-0.15, -0.1) is 6.58 Å². The van der Waals surface area contributed by atoms with Crippen LogP contribution in [0.2, 0.25) is 0 Å². The molecule has 0 radical (unpaired) electrons. The fraction of sp³-hybridized carbons (Fsp3) is 0.100. The minimum atomic E-state index is 0.0334. The minimum Gasteiger partial charge on any atom is -0.370 e. The minimum absolute atomic E-state index is 0.0334. The lowest BCUT2D eigenvalue weighted by Gasteiger charge is -2.20. The quantitative estimate of drug-likeness (QED) is 0.416. The van der Waals surface area contributed by atoms with E-state index in [4.69, 9.17) is 11.1 Å². The van der Waals surface area contributed by atoms with Gasteiger partial charge in [0.15, 0.2) is 5.96 Å². The number of nitrogens with two attached hydrogens (primary N) is 1. The Kier molecular flexibility index (Phi) is 3.09. The van der Waals surface area contributed by atoms with Crippen molar-refractivity contribution in [3.8, 4) is 0 Å². The highest BCUT2D eigenvalue weighted by molar-refractivity contribution is 5.92. The Morgan fingerprint density at radius 3 is 2.54 bits per heavy atom. The number of para-hydroxylation sites is 1. The molecule has 3 nitrogen and oxygen atoms in total. The summed E-state index contributed by atoms with van der Waals surface area (Å²) in [4.78, 5) is 1.67. The number of hydrogen-bond acceptors (Lipinski definition) is 1. The van der Waals surface area contributed by atoms with Gasteiger partial charge in [0, 0.05) is 12.2 Å². The summed E-state index contributed by atoms with van der Waals surface area (Å²) in [5, 5.41) is 7.35. The summed E-state index contributed by atoms with van der Waals surface area (Å²) in [6, 6.07) is 9.56. The second-order valence-corrected chi connectivity index (χ2v) is 2.62. The van der Waals surface area contributed by atoms with E-state index in [-0.39, 0.29) is 5.96 Å². The van der Waals surface area contributed by atoms with Crippen molar-refractivity contribution in [2.75, 3.05) is 11.4 Å². The molecule has 0 aliphatic heterocycles. The Hall–Kier alpha value is -1.77. The van der Waals surface area contributed by atoms with E-state index in [1.807, 2.05) is 30.3 Å². The van der Waals surface area contributed by atoms with E-state index in [0.717, 1.165) is 5.69 Å². The van der Waals surface area contributed by atoms with Crippen molar-refractivity contribution in [3.05, 3.63) is 43.0 Å². The molecule has 0 amide bonds. The molecular formula is C10H13N3. The first kappa shape index (κ1) is 9.32. The lowest BCUT2D eigenvalue weighted by molar-refractivity contribution is 1.10. The standard InChI is InChI=1S/C10H13N3/c1-2-8-13(10(11)12)9-6-4-3-5-7-9/h2-7H,1,8H2,(H3,11,12). The molecule has 3 N–H and O–H groups in total. The van der Waals surface area contributed by atoms with Gasteiger partial charge in [-0.1, -0.05) is 24.3 Å². The molecule has 0 atom stereocenters. The third-order valence-corrected chi connectivity index (χ3v) is 1.67. The summed E-state index contributed by atoms with van der Waals surface area (Å²) in [7, 11) is 0. The van der Waals surface area contributed by atoms with Gasteiger partial charge in [-0.2, -0.15) is 0 Å². The highest BCUT2D eigenvalue weighted by Gasteiger charge is 2.05. The first-order valence-corrected chi connectivity index (χ1v) is 4.03. The zero-order valence-corrected chi connectivity index (χ0v) is 7.40. The van der Waals surface area contributed by atoms with Crippen molar-refractivity contribution in [1.29, 1.82) is 5.41 Å². The van der Waals surface area contributed by atoms with Crippen molar-refractivity contribution in [2.24, 2.45) is 5.73 Å². The van der Waals surface area contributed by atoms with Crippen molar-refractivity contribution in [3.63, 3.8) is 0 Å². The van der Waals surface area contributed by atoms with Crippen LogP contribution in [-0.4, -0.2) is 12.5 Å². The van der Waals surface area contributed by atoms with Crippen LogP contribution in [0.15, 0.2) is 43.0 Å². The number of benzene rings is 1. The third-order valence-electron chi connectivity index (χ3n) is 1.67. The fourth-order valence-corrected chi connectivity index (χ4v) is 1.08. The Bertz CT molecular complexity index is 292. The summed E-state index contributed by atoms with van der Waals surface area (Å²) < 4.78 is 0. The van der Waals surface area contributed by atoms with E-state index in [0.29, 0.717) is 6.54 Å². The number of nitrogens with one attached hydrogen (secondary N) is 1. The van der Waals surface area contributed by atoms with E-state index in [2.05, 4.69) is 6.58 Å². The van der Waals surface area contributed by atoms with Crippen LogP contribution in [-0.2, 0) is 0 Å². The largest absolute Gasteiger partial charge is 0.370 e. The van der Waals surface area contributed by atoms with E-state index in [1.165, 1.54) is 0 Å². The van der Waals surface area contributed by atoms with Crippen LogP contribution in [0.5, 0.6) is 0 Å². The first-order valence-electron chi connectivity index (χ1n) is 4.03. The number of guanidine groups is 1. The lowest BCUT2D eigenvalue weighted by atomic mass is 10.3. The van der Waals surface area contributed by atoms with Gasteiger partial charge in [0.05, 0.1) is 0 Å². The Balaban J connectivity index is 2.88. The van der Waals surface area contributed by atoms with E-state index >= 15 is 0 Å². The molecule has 1 rings (SSSR count). The maximum absolute atomic E-state index is 7.35. The van der Waals surface area contributed by atoms with Crippen molar-refractivity contribution < 1.29 is 0 Å². The predicted octanol–water partition coefficient (Wildman–Crippen LogP) is 1.57. The normalized spacial score (nSPS) is 9.23. The number of anilines is 1. The molecule has 13 heavy (non-hydrogen) atoms. The molecule has 0 saturated heterocycles. The maximum atomic E-state index is 7.35. The van der Waals surface area contributed by atoms with Gasteiger partial charge in [-0.05, 0) is 12.1 Å². The zero-order chi connectivity index (χ0) is 9.68. The lowest BCUT2D eigenvalue weighted by Crippen LogP contribution is -2.36. The molecule has 0 heterocycles. The van der Waals surface area contributed by atoms with E-state index in [1.54, 1.807) is 11.0 Å². The Morgan fingerprint density at radius 2 is 2.08 bits per heavy atom. The number of hydrogen-bond donors (Lipinski definition) is 2. The maximum Gasteiger partial charge on any atom is 0.193 e. The molecule has 0 aromatic heterocycles. The van der Waals surface area contributed by atoms with Crippen molar-refractivity contribution in [2.45, 2.75) is 0 Å². The van der Waals surface area contributed by atoms with Crippen LogP contribution in [0.4, 0.5) is 5.69 Å². The van der Waals surface area contributed by atoms with Crippen LogP contribution in [0.25, 0.3) is 0 Å². The second kappa shape index (κ2) is 4.30. The summed E-state index contributed by atoms with van der Waals surface area (Å²) in [5.74, 6) is 0.0334. The molecule has 1 aromatic carbocycles. The van der Waals surface area contributed by atoms with Gasteiger partial charge in [0.1, 0.15) is 0 Å². The second-order valence-electron chi connectivity index (χ2n) is 2.62. The fourth-order valence-electron chi connectivity index (χ4n) is 1.08. The SMILES string of the molecule is C=CCN(C(=N)N)c1ccccc1. The smallest absolute Gasteiger partial charge is 0.193 e. The monoisotopic (exact) mass is 175 g/mol. The van der Waals surface area contributed by atoms with Crippen molar-refractivity contribution in [1.82, 2.24) is 0 Å². The molecule has 0 spiro atoms. The molecule has 68 valence electrons. The molecule has 0 bridgehead atoms. The topological polar surface area (TPSA) is 53.1 Å². The molecule has 0 fully saturated rings. The van der Waals surface area contributed by atoms with Crippen molar-refractivity contribution >= 4 is 11.6 Å². The summed E-state index contributed by atoms with van der Waals surface area (Å²) in [5.41, 5.74) is 6.33. The van der Waals surface area contributed by atoms with E-state index < -0.39 is 0 Å². The number of nitrogens with zero attached hydrogens (tertiary/aromatic N) is 1. The first-order chi connectivity index (χ1) is 6.25. The van der Waals surface area contributed by atoms with Gasteiger partial charge < -0.3 is 10.6 Å². The van der Waals surface area contributed by atoms with Gasteiger partial charge in [0.25, 0.3) is 0 Å². The zero-order valence-electron chi connectivity index (χ0n) is 7.40. The van der Waals surface area contributed by atoms with Crippen LogP contribution in [0, 0.1) is 5.41 Å².